The molecule has 0 amide bonds. The minimum atomic E-state index is -0.424. The van der Waals surface area contributed by atoms with Crippen molar-refractivity contribution in [1.29, 1.82) is 0 Å². The normalized spacial score (nSPS) is 12.6. The lowest BCUT2D eigenvalue weighted by molar-refractivity contribution is -0.156. The van der Waals surface area contributed by atoms with Crippen LogP contribution >= 0.6 is 0 Å². The molecule has 138 valence electrons. The van der Waals surface area contributed by atoms with Crippen molar-refractivity contribution < 1.29 is 28.5 Å². The number of ether oxygens (including phenoxy) is 4. The Morgan fingerprint density at radius 3 is 1.52 bits per heavy atom. The monoisotopic (exact) mass is 334 g/mol. The molecule has 0 saturated carbocycles. The van der Waals surface area contributed by atoms with E-state index in [-0.39, 0.29) is 11.9 Å². The minimum absolute atomic E-state index is 0.259. The summed E-state index contributed by atoms with van der Waals surface area (Å²) >= 11 is 0. The molecule has 0 rings (SSSR count). The molecule has 0 bridgehead atoms. The lowest BCUT2D eigenvalue weighted by Crippen LogP contribution is -2.23. The molecule has 0 aromatic rings. The Morgan fingerprint density at radius 1 is 0.739 bits per heavy atom. The summed E-state index contributed by atoms with van der Waals surface area (Å²) in [4.78, 5) is 22.0. The summed E-state index contributed by atoms with van der Waals surface area (Å²) in [5, 5.41) is 0. The molecule has 0 fully saturated rings. The van der Waals surface area contributed by atoms with Gasteiger partial charge in [-0.3, -0.25) is 0 Å². The predicted molar refractivity (Wildman–Crippen MR) is 89.3 cm³/mol. The van der Waals surface area contributed by atoms with Crippen molar-refractivity contribution in [2.75, 3.05) is 26.4 Å². The fourth-order valence-corrected chi connectivity index (χ4v) is 1.39. The summed E-state index contributed by atoms with van der Waals surface area (Å²) in [6, 6.07) is 0. The van der Waals surface area contributed by atoms with Crippen LogP contribution in [0.2, 0.25) is 0 Å². The first-order valence-electron chi connectivity index (χ1n) is 8.50. The topological polar surface area (TPSA) is 71.1 Å². The Hall–Kier alpha value is -1.14. The maximum atomic E-state index is 11.1. The van der Waals surface area contributed by atoms with E-state index in [1.54, 1.807) is 13.8 Å². The van der Waals surface area contributed by atoms with Crippen LogP contribution in [0.25, 0.3) is 0 Å². The summed E-state index contributed by atoms with van der Waals surface area (Å²) in [5.74, 6) is -0.529. The van der Waals surface area contributed by atoms with Gasteiger partial charge in [0.1, 0.15) is 0 Å². The average molecular weight is 334 g/mol. The van der Waals surface area contributed by atoms with E-state index < -0.39 is 12.2 Å². The molecule has 6 nitrogen and oxygen atoms in total. The first-order valence-corrected chi connectivity index (χ1v) is 8.50. The molecule has 23 heavy (non-hydrogen) atoms. The highest BCUT2D eigenvalue weighted by molar-refractivity contribution is 5.74. The van der Waals surface area contributed by atoms with Crippen LogP contribution in [-0.2, 0) is 28.5 Å². The van der Waals surface area contributed by atoms with Gasteiger partial charge in [-0.05, 0) is 40.5 Å². The van der Waals surface area contributed by atoms with Gasteiger partial charge in [0.15, 0.2) is 12.2 Å². The van der Waals surface area contributed by atoms with E-state index in [1.807, 2.05) is 20.8 Å². The largest absolute Gasteiger partial charge is 0.464 e. The molecule has 6 heteroatoms. The Bertz CT molecular complexity index is 293. The third-order valence-electron chi connectivity index (χ3n) is 2.69. The molecule has 0 aromatic heterocycles. The van der Waals surface area contributed by atoms with Crippen LogP contribution in [0, 0.1) is 0 Å². The van der Waals surface area contributed by atoms with Gasteiger partial charge in [0, 0.05) is 13.2 Å². The number of hydrogen-bond acceptors (Lipinski definition) is 6. The average Bonchev–Trinajstić information content (AvgIpc) is 2.53. The number of esters is 2. The Balaban J connectivity index is 0. The summed E-state index contributed by atoms with van der Waals surface area (Å²) in [6.45, 7) is 13.2. The molecular weight excluding hydrogens is 300 g/mol. The third-order valence-corrected chi connectivity index (χ3v) is 2.69. The number of hydrogen-bond donors (Lipinski definition) is 0. The summed E-state index contributed by atoms with van der Waals surface area (Å²) in [7, 11) is 0. The van der Waals surface area contributed by atoms with E-state index in [1.165, 1.54) is 0 Å². The molecular formula is C17H34O6. The van der Waals surface area contributed by atoms with E-state index >= 15 is 0 Å². The van der Waals surface area contributed by atoms with Crippen LogP contribution in [0.15, 0.2) is 0 Å². The van der Waals surface area contributed by atoms with E-state index in [0.29, 0.717) is 26.4 Å². The van der Waals surface area contributed by atoms with Gasteiger partial charge in [0.25, 0.3) is 0 Å². The van der Waals surface area contributed by atoms with Gasteiger partial charge in [0.2, 0.25) is 0 Å². The molecule has 0 heterocycles. The molecule has 2 atom stereocenters. The van der Waals surface area contributed by atoms with Crippen molar-refractivity contribution in [3.8, 4) is 0 Å². The fourth-order valence-electron chi connectivity index (χ4n) is 1.39. The van der Waals surface area contributed by atoms with Crippen molar-refractivity contribution in [2.45, 2.75) is 73.0 Å². The molecule has 0 aliphatic heterocycles. The maximum absolute atomic E-state index is 11.1. The van der Waals surface area contributed by atoms with Crippen molar-refractivity contribution >= 4 is 11.9 Å². The standard InChI is InChI=1S/C9H18O3.C8H16O3/c1-4-6-7-12-9(10)8(3)11-5-2;1-4-6-11-8(9)7(3)10-5-2/h8H,4-7H2,1-3H3;7H,4-6H2,1-3H3. The maximum Gasteiger partial charge on any atom is 0.334 e. The zero-order valence-corrected chi connectivity index (χ0v) is 15.6. The second-order valence-electron chi connectivity index (χ2n) is 4.88. The molecule has 0 aromatic carbocycles. The van der Waals surface area contributed by atoms with Crippen LogP contribution in [0.4, 0.5) is 0 Å². The molecule has 0 spiro atoms. The number of carbonyl (C=O) groups excluding carboxylic acids is 2. The molecule has 0 aliphatic rings. The van der Waals surface area contributed by atoms with E-state index in [4.69, 9.17) is 18.9 Å². The first-order chi connectivity index (χ1) is 10.9. The zero-order chi connectivity index (χ0) is 18.1. The van der Waals surface area contributed by atoms with Crippen molar-refractivity contribution in [1.82, 2.24) is 0 Å². The van der Waals surface area contributed by atoms with Crippen LogP contribution in [0.5, 0.6) is 0 Å². The van der Waals surface area contributed by atoms with Gasteiger partial charge in [-0.15, -0.1) is 0 Å². The quantitative estimate of drug-likeness (QED) is 0.427. The molecule has 0 N–H and O–H groups in total. The second kappa shape index (κ2) is 17.2. The van der Waals surface area contributed by atoms with E-state index in [0.717, 1.165) is 19.3 Å². The molecule has 0 aliphatic carbocycles. The summed E-state index contributed by atoms with van der Waals surface area (Å²) in [5.41, 5.74) is 0. The van der Waals surface area contributed by atoms with Gasteiger partial charge in [-0.25, -0.2) is 9.59 Å². The highest BCUT2D eigenvalue weighted by Crippen LogP contribution is 1.96. The van der Waals surface area contributed by atoms with Gasteiger partial charge >= 0.3 is 11.9 Å². The van der Waals surface area contributed by atoms with Gasteiger partial charge in [-0.1, -0.05) is 20.3 Å². The van der Waals surface area contributed by atoms with E-state index in [2.05, 4.69) is 6.92 Å². The van der Waals surface area contributed by atoms with Gasteiger partial charge in [0.05, 0.1) is 13.2 Å². The molecule has 0 radical (unpaired) electrons. The summed E-state index contributed by atoms with van der Waals surface area (Å²) < 4.78 is 19.9. The Kier molecular flexibility index (Phi) is 18.1. The van der Waals surface area contributed by atoms with Crippen LogP contribution in [0.3, 0.4) is 0 Å². The van der Waals surface area contributed by atoms with Crippen LogP contribution in [-0.4, -0.2) is 50.6 Å². The molecule has 2 unspecified atom stereocenters. The fraction of sp³-hybridized carbons (Fsp3) is 0.882. The SMILES string of the molecule is CCCCOC(=O)C(C)OCC.CCCOC(=O)C(C)OCC. The number of rotatable bonds is 11. The lowest BCUT2D eigenvalue weighted by Gasteiger charge is -2.10. The second-order valence-corrected chi connectivity index (χ2v) is 4.88. The zero-order valence-electron chi connectivity index (χ0n) is 15.6. The minimum Gasteiger partial charge on any atom is -0.464 e. The number of unbranched alkanes of at least 4 members (excludes halogenated alkanes) is 1. The van der Waals surface area contributed by atoms with Gasteiger partial charge in [-0.2, -0.15) is 0 Å². The van der Waals surface area contributed by atoms with Crippen LogP contribution < -0.4 is 0 Å². The third kappa shape index (κ3) is 15.5. The Labute approximate surface area is 140 Å². The number of carbonyl (C=O) groups is 2. The predicted octanol–water partition coefficient (Wildman–Crippen LogP) is 3.12. The lowest BCUT2D eigenvalue weighted by atomic mass is 10.3. The highest BCUT2D eigenvalue weighted by atomic mass is 16.6. The van der Waals surface area contributed by atoms with Crippen molar-refractivity contribution in [2.24, 2.45) is 0 Å². The highest BCUT2D eigenvalue weighted by Gasteiger charge is 2.13. The molecule has 0 saturated heterocycles. The first kappa shape index (κ1) is 24.1. The van der Waals surface area contributed by atoms with E-state index in [9.17, 15) is 9.59 Å². The summed E-state index contributed by atoms with van der Waals surface area (Å²) in [6.07, 6.45) is 1.96. The van der Waals surface area contributed by atoms with Crippen molar-refractivity contribution in [3.63, 3.8) is 0 Å². The van der Waals surface area contributed by atoms with Crippen LogP contribution in [0.1, 0.15) is 60.8 Å². The smallest absolute Gasteiger partial charge is 0.334 e. The van der Waals surface area contributed by atoms with Crippen molar-refractivity contribution in [3.05, 3.63) is 0 Å². The Morgan fingerprint density at radius 2 is 1.17 bits per heavy atom. The van der Waals surface area contributed by atoms with Gasteiger partial charge < -0.3 is 18.9 Å².